The van der Waals surface area contributed by atoms with E-state index in [1.54, 1.807) is 49.1 Å². The van der Waals surface area contributed by atoms with E-state index in [0.29, 0.717) is 41.2 Å². The number of carbonyl (C=O) groups is 2. The number of para-hydroxylation sites is 2. The number of likely N-dealkylation sites (tertiary alicyclic amines) is 1. The molecule has 0 radical (unpaired) electrons. The first-order valence-corrected chi connectivity index (χ1v) is 13.5. The highest BCUT2D eigenvalue weighted by atomic mass is 32.2. The minimum atomic E-state index is -0.428. The van der Waals surface area contributed by atoms with Crippen LogP contribution in [0, 0.1) is 24.0 Å². The standard InChI is InChI=1S/C29H29N3O5S/c1-19-15-21(16-20(2)27(19)34)28(35)30-13-11-29(12-14-30)18-31(23-8-4-3-7-22(23)29)26(33)17-38-25-10-6-5-9-24(25)32(36)37/h3-10,15-16,34H,11-14,17-18H2,1-2H3. The lowest BCUT2D eigenvalue weighted by Gasteiger charge is -2.40. The number of phenols is 1. The van der Waals surface area contributed by atoms with Crippen molar-refractivity contribution in [1.82, 2.24) is 4.90 Å². The minimum Gasteiger partial charge on any atom is -0.507 e. The number of benzene rings is 3. The Morgan fingerprint density at radius 3 is 2.34 bits per heavy atom. The number of amides is 2. The molecule has 1 N–H and O–H groups in total. The highest BCUT2D eigenvalue weighted by Gasteiger charge is 2.46. The minimum absolute atomic E-state index is 0.000326. The molecule has 3 aromatic carbocycles. The Bertz CT molecular complexity index is 1410. The topological polar surface area (TPSA) is 104 Å². The fourth-order valence-electron chi connectivity index (χ4n) is 5.63. The Labute approximate surface area is 225 Å². The highest BCUT2D eigenvalue weighted by Crippen LogP contribution is 2.47. The molecule has 2 amide bonds. The number of phenolic OH excluding ortho intramolecular Hbond substituents is 1. The van der Waals surface area contributed by atoms with E-state index in [9.17, 15) is 24.8 Å². The van der Waals surface area contributed by atoms with Gasteiger partial charge in [-0.25, -0.2) is 0 Å². The number of nitro benzene ring substituents is 1. The molecule has 3 aromatic rings. The lowest BCUT2D eigenvalue weighted by atomic mass is 9.74. The summed E-state index contributed by atoms with van der Waals surface area (Å²) in [4.78, 5) is 41.7. The van der Waals surface area contributed by atoms with Gasteiger partial charge in [-0.05, 0) is 67.6 Å². The third kappa shape index (κ3) is 4.62. The third-order valence-electron chi connectivity index (χ3n) is 7.69. The van der Waals surface area contributed by atoms with Gasteiger partial charge in [-0.1, -0.05) is 30.3 Å². The second-order valence-corrected chi connectivity index (χ2v) is 11.1. The van der Waals surface area contributed by atoms with Crippen LogP contribution in [0.5, 0.6) is 5.75 Å². The van der Waals surface area contributed by atoms with Gasteiger partial charge in [-0.2, -0.15) is 0 Å². The maximum absolute atomic E-state index is 13.4. The molecule has 1 saturated heterocycles. The van der Waals surface area contributed by atoms with Crippen LogP contribution >= 0.6 is 11.8 Å². The third-order valence-corrected chi connectivity index (χ3v) is 8.73. The van der Waals surface area contributed by atoms with Gasteiger partial charge in [0.2, 0.25) is 5.91 Å². The number of piperidine rings is 1. The molecule has 1 spiro atoms. The van der Waals surface area contributed by atoms with Crippen molar-refractivity contribution in [2.75, 3.05) is 30.3 Å². The van der Waals surface area contributed by atoms with Crippen molar-refractivity contribution in [2.24, 2.45) is 0 Å². The van der Waals surface area contributed by atoms with E-state index in [-0.39, 0.29) is 34.4 Å². The van der Waals surface area contributed by atoms with Crippen molar-refractivity contribution < 1.29 is 19.6 Å². The zero-order valence-electron chi connectivity index (χ0n) is 21.3. The number of nitrogens with zero attached hydrogens (tertiary/aromatic N) is 3. The largest absolute Gasteiger partial charge is 0.507 e. The number of anilines is 1. The number of nitro groups is 1. The number of carbonyl (C=O) groups excluding carboxylic acids is 2. The second kappa shape index (κ2) is 10.1. The Balaban J connectivity index is 1.31. The molecule has 0 aliphatic carbocycles. The van der Waals surface area contributed by atoms with E-state index in [4.69, 9.17) is 0 Å². The number of hydrogen-bond acceptors (Lipinski definition) is 6. The summed E-state index contributed by atoms with van der Waals surface area (Å²) in [6.45, 7) is 5.25. The van der Waals surface area contributed by atoms with Crippen LogP contribution < -0.4 is 4.90 Å². The van der Waals surface area contributed by atoms with Crippen LogP contribution in [-0.4, -0.2) is 52.1 Å². The molecule has 0 atom stereocenters. The van der Waals surface area contributed by atoms with Crippen LogP contribution in [0.3, 0.4) is 0 Å². The molecule has 196 valence electrons. The number of aryl methyl sites for hydroxylation is 2. The van der Waals surface area contributed by atoms with E-state index in [2.05, 4.69) is 6.07 Å². The van der Waals surface area contributed by atoms with Crippen LogP contribution in [0.1, 0.15) is 39.9 Å². The van der Waals surface area contributed by atoms with Gasteiger partial charge in [-0.3, -0.25) is 19.7 Å². The SMILES string of the molecule is Cc1cc(C(=O)N2CCC3(CC2)CN(C(=O)CSc2ccccc2[N+](=O)[O-])c2ccccc23)cc(C)c1O. The molecule has 9 heteroatoms. The molecule has 0 saturated carbocycles. The monoisotopic (exact) mass is 531 g/mol. The first kappa shape index (κ1) is 25.8. The number of fused-ring (bicyclic) bond motifs is 2. The van der Waals surface area contributed by atoms with Crippen LogP contribution in [0.2, 0.25) is 0 Å². The molecule has 0 unspecified atom stereocenters. The van der Waals surface area contributed by atoms with Crippen LogP contribution in [-0.2, 0) is 10.2 Å². The van der Waals surface area contributed by atoms with Crippen molar-refractivity contribution in [3.05, 3.63) is 93.0 Å². The molecule has 2 aliphatic rings. The lowest BCUT2D eigenvalue weighted by Crippen LogP contribution is -2.48. The molecule has 1 fully saturated rings. The Hall–Kier alpha value is -3.85. The summed E-state index contributed by atoms with van der Waals surface area (Å²) in [5, 5.41) is 21.4. The molecule has 38 heavy (non-hydrogen) atoms. The fraction of sp³-hybridized carbons (Fsp3) is 0.310. The van der Waals surface area contributed by atoms with Gasteiger partial charge in [0.15, 0.2) is 0 Å². The van der Waals surface area contributed by atoms with E-state index >= 15 is 0 Å². The summed E-state index contributed by atoms with van der Waals surface area (Å²) in [5.41, 5.74) is 3.69. The molecular weight excluding hydrogens is 502 g/mol. The van der Waals surface area contributed by atoms with Crippen molar-refractivity contribution >= 4 is 35.0 Å². The summed E-state index contributed by atoms with van der Waals surface area (Å²) in [5.74, 6) is 0.169. The molecular formula is C29H29N3O5S. The maximum atomic E-state index is 13.4. The quantitative estimate of drug-likeness (QED) is 0.275. The molecule has 2 heterocycles. The highest BCUT2D eigenvalue weighted by molar-refractivity contribution is 8.00. The van der Waals surface area contributed by atoms with Crippen LogP contribution in [0.25, 0.3) is 0 Å². The predicted molar refractivity (Wildman–Crippen MR) is 147 cm³/mol. The van der Waals surface area contributed by atoms with Gasteiger partial charge in [-0.15, -0.1) is 11.8 Å². The average molecular weight is 532 g/mol. The summed E-state index contributed by atoms with van der Waals surface area (Å²) >= 11 is 1.18. The average Bonchev–Trinajstić information content (AvgIpc) is 3.24. The molecule has 8 nitrogen and oxygen atoms in total. The molecule has 0 aromatic heterocycles. The summed E-state index contributed by atoms with van der Waals surface area (Å²) < 4.78 is 0. The van der Waals surface area contributed by atoms with Crippen molar-refractivity contribution in [1.29, 1.82) is 0 Å². The normalized spacial score (nSPS) is 15.9. The summed E-state index contributed by atoms with van der Waals surface area (Å²) in [7, 11) is 0. The lowest BCUT2D eigenvalue weighted by molar-refractivity contribution is -0.387. The van der Waals surface area contributed by atoms with Gasteiger partial charge in [0.25, 0.3) is 11.6 Å². The van der Waals surface area contributed by atoms with E-state index in [0.717, 1.165) is 24.1 Å². The fourth-order valence-corrected chi connectivity index (χ4v) is 6.53. The van der Waals surface area contributed by atoms with Crippen molar-refractivity contribution in [2.45, 2.75) is 37.0 Å². The summed E-state index contributed by atoms with van der Waals surface area (Å²) in [6.07, 6.45) is 1.46. The van der Waals surface area contributed by atoms with Gasteiger partial charge in [0.05, 0.1) is 15.6 Å². The Morgan fingerprint density at radius 2 is 1.66 bits per heavy atom. The zero-order valence-corrected chi connectivity index (χ0v) is 22.2. The zero-order chi connectivity index (χ0) is 27.0. The number of hydrogen-bond donors (Lipinski definition) is 1. The van der Waals surface area contributed by atoms with Gasteiger partial charge in [0.1, 0.15) is 5.75 Å². The van der Waals surface area contributed by atoms with Gasteiger partial charge in [0, 0.05) is 42.4 Å². The first-order valence-electron chi connectivity index (χ1n) is 12.6. The summed E-state index contributed by atoms with van der Waals surface area (Å²) in [6, 6.07) is 17.9. The van der Waals surface area contributed by atoms with E-state index < -0.39 is 4.92 Å². The van der Waals surface area contributed by atoms with Gasteiger partial charge >= 0.3 is 0 Å². The number of rotatable bonds is 5. The van der Waals surface area contributed by atoms with Crippen molar-refractivity contribution in [3.8, 4) is 5.75 Å². The van der Waals surface area contributed by atoms with Crippen molar-refractivity contribution in [3.63, 3.8) is 0 Å². The molecule has 0 bridgehead atoms. The predicted octanol–water partition coefficient (Wildman–Crippen LogP) is 5.23. The second-order valence-electron chi connectivity index (χ2n) is 10.0. The molecule has 5 rings (SSSR count). The first-order chi connectivity index (χ1) is 18.2. The number of aromatic hydroxyl groups is 1. The van der Waals surface area contributed by atoms with E-state index in [1.165, 1.54) is 17.8 Å². The molecule has 2 aliphatic heterocycles. The van der Waals surface area contributed by atoms with Gasteiger partial charge < -0.3 is 14.9 Å². The van der Waals surface area contributed by atoms with Crippen LogP contribution in [0.15, 0.2) is 65.6 Å². The van der Waals surface area contributed by atoms with E-state index in [1.807, 2.05) is 23.1 Å². The maximum Gasteiger partial charge on any atom is 0.282 e. The smallest absolute Gasteiger partial charge is 0.282 e. The Morgan fingerprint density at radius 1 is 1.03 bits per heavy atom. The van der Waals surface area contributed by atoms with Crippen LogP contribution in [0.4, 0.5) is 11.4 Å². The number of thioether (sulfide) groups is 1. The Kier molecular flexibility index (Phi) is 6.88.